The molecule has 2 aromatic rings. The Balaban J connectivity index is 1.97. The first-order valence-corrected chi connectivity index (χ1v) is 8.97. The predicted octanol–water partition coefficient (Wildman–Crippen LogP) is 3.30. The van der Waals surface area contributed by atoms with Gasteiger partial charge in [-0.05, 0) is 35.3 Å². The number of aromatic hydroxyl groups is 1. The van der Waals surface area contributed by atoms with Crippen LogP contribution in [-0.4, -0.2) is 30.1 Å². The molecule has 0 saturated carbocycles. The van der Waals surface area contributed by atoms with Gasteiger partial charge in [-0.3, -0.25) is 4.79 Å². The number of nitrogens with one attached hydrogen (secondary N) is 1. The zero-order chi connectivity index (χ0) is 20.5. The smallest absolute Gasteiger partial charge is 0.329 e. The van der Waals surface area contributed by atoms with E-state index in [0.29, 0.717) is 11.3 Å². The molecule has 28 heavy (non-hydrogen) atoms. The van der Waals surface area contributed by atoms with Crippen LogP contribution in [0.4, 0.5) is 0 Å². The van der Waals surface area contributed by atoms with E-state index in [2.05, 4.69) is 5.32 Å². The summed E-state index contributed by atoms with van der Waals surface area (Å²) in [5.41, 5.74) is 1.56. The lowest BCUT2D eigenvalue weighted by Gasteiger charge is -2.20. The van der Waals surface area contributed by atoms with Crippen LogP contribution >= 0.6 is 0 Å². The summed E-state index contributed by atoms with van der Waals surface area (Å²) >= 11 is 0. The second-order valence-corrected chi connectivity index (χ2v) is 6.59. The fraction of sp³-hybridized carbons (Fsp3) is 0.273. The van der Waals surface area contributed by atoms with Gasteiger partial charge in [0.25, 0.3) is 0 Å². The third-order valence-electron chi connectivity index (χ3n) is 4.07. The third kappa shape index (κ3) is 6.16. The van der Waals surface area contributed by atoms with E-state index in [0.717, 1.165) is 5.56 Å². The van der Waals surface area contributed by atoms with Crippen LogP contribution in [0.25, 0.3) is 6.08 Å². The van der Waals surface area contributed by atoms with Crippen LogP contribution in [0.5, 0.6) is 11.5 Å². The van der Waals surface area contributed by atoms with E-state index in [1.807, 2.05) is 44.2 Å². The molecular weight excluding hydrogens is 358 g/mol. The van der Waals surface area contributed by atoms with Gasteiger partial charge < -0.3 is 19.9 Å². The van der Waals surface area contributed by atoms with Crippen molar-refractivity contribution in [1.29, 1.82) is 0 Å². The minimum Gasteiger partial charge on any atom is -0.504 e. The lowest BCUT2D eigenvalue weighted by Crippen LogP contribution is -2.44. The summed E-state index contributed by atoms with van der Waals surface area (Å²) in [6, 6.07) is 13.3. The van der Waals surface area contributed by atoms with Crippen LogP contribution in [0, 0.1) is 5.92 Å². The molecule has 0 aliphatic carbocycles. The van der Waals surface area contributed by atoms with E-state index in [4.69, 9.17) is 9.47 Å². The van der Waals surface area contributed by atoms with Gasteiger partial charge in [0.05, 0.1) is 7.11 Å². The number of hydrogen-bond donors (Lipinski definition) is 2. The molecule has 0 saturated heterocycles. The molecule has 1 amide bonds. The van der Waals surface area contributed by atoms with Gasteiger partial charge in [-0.1, -0.05) is 50.2 Å². The average molecular weight is 383 g/mol. The van der Waals surface area contributed by atoms with Crippen molar-refractivity contribution >= 4 is 18.0 Å². The number of carbonyl (C=O) groups excluding carboxylic acids is 2. The average Bonchev–Trinajstić information content (AvgIpc) is 2.70. The molecule has 2 N–H and O–H groups in total. The second kappa shape index (κ2) is 10.2. The predicted molar refractivity (Wildman–Crippen MR) is 107 cm³/mol. The lowest BCUT2D eigenvalue weighted by atomic mass is 10.0. The van der Waals surface area contributed by atoms with Crippen LogP contribution in [0.1, 0.15) is 25.0 Å². The minimum atomic E-state index is -0.754. The molecule has 2 aromatic carbocycles. The molecule has 6 heteroatoms. The van der Waals surface area contributed by atoms with Gasteiger partial charge in [0.2, 0.25) is 5.91 Å². The second-order valence-electron chi connectivity index (χ2n) is 6.59. The quantitative estimate of drug-likeness (QED) is 0.540. The van der Waals surface area contributed by atoms with Crippen LogP contribution in [0.3, 0.4) is 0 Å². The molecule has 0 aromatic heterocycles. The van der Waals surface area contributed by atoms with Gasteiger partial charge in [0.15, 0.2) is 11.5 Å². The fourth-order valence-corrected chi connectivity index (χ4v) is 2.49. The van der Waals surface area contributed by atoms with E-state index in [1.165, 1.54) is 19.3 Å². The Hall–Kier alpha value is -3.28. The molecule has 1 atom stereocenters. The number of hydrogen-bond acceptors (Lipinski definition) is 5. The Morgan fingerprint density at radius 2 is 1.86 bits per heavy atom. The highest BCUT2D eigenvalue weighted by molar-refractivity contribution is 5.94. The molecule has 2 rings (SSSR count). The van der Waals surface area contributed by atoms with Crippen molar-refractivity contribution in [2.24, 2.45) is 5.92 Å². The number of amides is 1. The zero-order valence-electron chi connectivity index (χ0n) is 16.2. The fourth-order valence-electron chi connectivity index (χ4n) is 2.49. The number of methoxy groups -OCH3 is 1. The number of carbonyl (C=O) groups is 2. The van der Waals surface area contributed by atoms with Gasteiger partial charge in [-0.15, -0.1) is 0 Å². The van der Waals surface area contributed by atoms with Crippen molar-refractivity contribution in [1.82, 2.24) is 5.32 Å². The maximum atomic E-state index is 12.4. The van der Waals surface area contributed by atoms with Crippen LogP contribution in [0.15, 0.2) is 54.6 Å². The van der Waals surface area contributed by atoms with Gasteiger partial charge in [-0.2, -0.15) is 0 Å². The number of ether oxygens (including phenoxy) is 2. The Morgan fingerprint density at radius 1 is 1.14 bits per heavy atom. The van der Waals surface area contributed by atoms with Crippen molar-refractivity contribution < 1.29 is 24.2 Å². The summed E-state index contributed by atoms with van der Waals surface area (Å²) in [6.07, 6.45) is 2.90. The summed E-state index contributed by atoms with van der Waals surface area (Å²) in [4.78, 5) is 24.6. The molecule has 0 bridgehead atoms. The topological polar surface area (TPSA) is 84.9 Å². The Kier molecular flexibility index (Phi) is 7.63. The molecule has 0 unspecified atom stereocenters. The lowest BCUT2D eigenvalue weighted by molar-refractivity contribution is -0.150. The normalized spacial score (nSPS) is 12.0. The largest absolute Gasteiger partial charge is 0.504 e. The first kappa shape index (κ1) is 21.0. The molecular formula is C22H25NO5. The molecule has 148 valence electrons. The van der Waals surface area contributed by atoms with Crippen molar-refractivity contribution in [3.05, 3.63) is 65.7 Å². The van der Waals surface area contributed by atoms with Crippen molar-refractivity contribution in [3.8, 4) is 11.5 Å². The number of esters is 1. The molecule has 6 nitrogen and oxygen atoms in total. The van der Waals surface area contributed by atoms with Gasteiger partial charge >= 0.3 is 5.97 Å². The van der Waals surface area contributed by atoms with E-state index in [-0.39, 0.29) is 18.3 Å². The first-order valence-electron chi connectivity index (χ1n) is 8.97. The standard InChI is InChI=1S/C22H25NO5/c1-15(2)21(22(26)28-14-17-7-5-4-6-8-17)23-20(25)12-10-16-9-11-18(24)19(13-16)27-3/h4-13,15,21,24H,14H2,1-3H3,(H,23,25)/b12-10+/t21-/m0/s1. The Bertz CT molecular complexity index is 830. The minimum absolute atomic E-state index is 0.0186. The van der Waals surface area contributed by atoms with E-state index in [9.17, 15) is 14.7 Å². The maximum absolute atomic E-state index is 12.4. The Morgan fingerprint density at radius 3 is 2.50 bits per heavy atom. The molecule has 0 spiro atoms. The van der Waals surface area contributed by atoms with Crippen LogP contribution in [0.2, 0.25) is 0 Å². The summed E-state index contributed by atoms with van der Waals surface area (Å²) in [5, 5.41) is 12.3. The monoisotopic (exact) mass is 383 g/mol. The molecule has 0 aliphatic heterocycles. The number of rotatable bonds is 8. The molecule has 0 fully saturated rings. The maximum Gasteiger partial charge on any atom is 0.329 e. The highest BCUT2D eigenvalue weighted by Crippen LogP contribution is 2.26. The van der Waals surface area contributed by atoms with Crippen LogP contribution in [-0.2, 0) is 20.9 Å². The van der Waals surface area contributed by atoms with Gasteiger partial charge in [0, 0.05) is 6.08 Å². The molecule has 0 heterocycles. The number of benzene rings is 2. The van der Waals surface area contributed by atoms with Crippen molar-refractivity contribution in [2.75, 3.05) is 7.11 Å². The van der Waals surface area contributed by atoms with Gasteiger partial charge in [-0.25, -0.2) is 4.79 Å². The summed E-state index contributed by atoms with van der Waals surface area (Å²) in [7, 11) is 1.45. The van der Waals surface area contributed by atoms with Gasteiger partial charge in [0.1, 0.15) is 12.6 Å². The summed E-state index contributed by atoms with van der Waals surface area (Å²) in [5.74, 6) is -0.694. The third-order valence-corrected chi connectivity index (χ3v) is 4.07. The molecule has 0 aliphatic rings. The zero-order valence-corrected chi connectivity index (χ0v) is 16.2. The van der Waals surface area contributed by atoms with E-state index in [1.54, 1.807) is 18.2 Å². The van der Waals surface area contributed by atoms with Crippen LogP contribution < -0.4 is 10.1 Å². The number of phenolic OH excluding ortho intramolecular Hbond substituents is 1. The first-order chi connectivity index (χ1) is 13.4. The summed E-state index contributed by atoms with van der Waals surface area (Å²) in [6.45, 7) is 3.83. The Labute approximate surface area is 164 Å². The van der Waals surface area contributed by atoms with E-state index < -0.39 is 17.9 Å². The summed E-state index contributed by atoms with van der Waals surface area (Å²) < 4.78 is 10.4. The highest BCUT2D eigenvalue weighted by atomic mass is 16.5. The SMILES string of the molecule is COc1cc(/C=C/C(=O)N[C@H](C(=O)OCc2ccccc2)C(C)C)ccc1O. The van der Waals surface area contributed by atoms with Crippen molar-refractivity contribution in [3.63, 3.8) is 0 Å². The highest BCUT2D eigenvalue weighted by Gasteiger charge is 2.25. The van der Waals surface area contributed by atoms with E-state index >= 15 is 0 Å². The van der Waals surface area contributed by atoms with Crippen molar-refractivity contribution in [2.45, 2.75) is 26.5 Å². The number of phenols is 1. The molecule has 0 radical (unpaired) electrons.